The van der Waals surface area contributed by atoms with Gasteiger partial charge in [-0.25, -0.2) is 0 Å². The van der Waals surface area contributed by atoms with E-state index in [1.54, 1.807) is 33.4 Å². The summed E-state index contributed by atoms with van der Waals surface area (Å²) < 4.78 is 16.9. The van der Waals surface area contributed by atoms with Crippen LogP contribution in [0.1, 0.15) is 36.1 Å². The number of para-hydroxylation sites is 2. The Hall–Kier alpha value is -3.61. The Balaban J connectivity index is 1.99. The monoisotopic (exact) mass is 393 g/mol. The number of carbonyl (C=O) groups excluding carboxylic acids is 1. The summed E-state index contributed by atoms with van der Waals surface area (Å²) in [6.45, 7) is 1.55. The van der Waals surface area contributed by atoms with E-state index in [4.69, 9.17) is 19.6 Å². The van der Waals surface area contributed by atoms with Crippen LogP contribution in [-0.4, -0.2) is 36.4 Å². The predicted octanol–water partition coefficient (Wildman–Crippen LogP) is 4.33. The van der Waals surface area contributed by atoms with Gasteiger partial charge in [0.25, 0.3) is 0 Å². The Labute approximate surface area is 169 Å². The zero-order valence-electron chi connectivity index (χ0n) is 16.6. The fourth-order valence-electron chi connectivity index (χ4n) is 3.20. The molecule has 150 valence electrons. The Morgan fingerprint density at radius 2 is 1.79 bits per heavy atom. The largest absolute Gasteiger partial charge is 0.493 e. The predicted molar refractivity (Wildman–Crippen MR) is 110 cm³/mol. The summed E-state index contributed by atoms with van der Waals surface area (Å²) in [6.07, 6.45) is 3.14. The van der Waals surface area contributed by atoms with Gasteiger partial charge in [-0.1, -0.05) is 18.2 Å². The van der Waals surface area contributed by atoms with E-state index >= 15 is 0 Å². The zero-order valence-corrected chi connectivity index (χ0v) is 16.6. The minimum atomic E-state index is -0.253. The number of carbonyl (C=O) groups is 1. The highest BCUT2D eigenvalue weighted by atomic mass is 16.5. The summed E-state index contributed by atoms with van der Waals surface area (Å²) in [5.74, 6) is 2.03. The quantitative estimate of drug-likeness (QED) is 0.528. The van der Waals surface area contributed by atoms with Gasteiger partial charge >= 0.3 is 0 Å². The van der Waals surface area contributed by atoms with Crippen molar-refractivity contribution in [1.29, 1.82) is 5.41 Å². The van der Waals surface area contributed by atoms with Gasteiger partial charge in [0.05, 0.1) is 26.1 Å². The number of nitrogens with one attached hydrogen (secondary N) is 2. The summed E-state index contributed by atoms with van der Waals surface area (Å²) in [4.78, 5) is 11.9. The number of aromatic amines is 1. The van der Waals surface area contributed by atoms with Gasteiger partial charge in [0.1, 0.15) is 5.78 Å². The summed E-state index contributed by atoms with van der Waals surface area (Å²) in [7, 11) is 3.15. The number of hydrogen-bond acceptors (Lipinski definition) is 6. The van der Waals surface area contributed by atoms with Crippen molar-refractivity contribution in [3.8, 4) is 23.0 Å². The average Bonchev–Trinajstić information content (AvgIpc) is 3.21. The van der Waals surface area contributed by atoms with Crippen LogP contribution in [0.4, 0.5) is 0 Å². The molecule has 3 aromatic rings. The fraction of sp³-hybridized carbons (Fsp3) is 0.227. The molecule has 3 rings (SSSR count). The lowest BCUT2D eigenvalue weighted by Crippen LogP contribution is -2.08. The lowest BCUT2D eigenvalue weighted by Gasteiger charge is -2.18. The van der Waals surface area contributed by atoms with Crippen LogP contribution in [0.3, 0.4) is 0 Å². The minimum Gasteiger partial charge on any atom is -0.493 e. The minimum absolute atomic E-state index is 0.0421. The molecule has 29 heavy (non-hydrogen) atoms. The number of rotatable bonds is 9. The Kier molecular flexibility index (Phi) is 6.29. The number of ketones is 1. The maximum atomic E-state index is 11.9. The summed E-state index contributed by atoms with van der Waals surface area (Å²) in [6, 6.07) is 12.9. The van der Waals surface area contributed by atoms with Gasteiger partial charge in [0.2, 0.25) is 0 Å². The summed E-state index contributed by atoms with van der Waals surface area (Å²) in [5.41, 5.74) is 2.23. The molecule has 0 amide bonds. The molecular formula is C22H23N3O4. The molecule has 0 aliphatic carbocycles. The van der Waals surface area contributed by atoms with Crippen LogP contribution in [0.5, 0.6) is 23.0 Å². The highest BCUT2D eigenvalue weighted by Gasteiger charge is 2.22. The second kappa shape index (κ2) is 9.05. The van der Waals surface area contributed by atoms with E-state index in [1.807, 2.05) is 36.4 Å². The van der Waals surface area contributed by atoms with E-state index in [9.17, 15) is 4.79 Å². The first kappa shape index (κ1) is 20.1. The van der Waals surface area contributed by atoms with E-state index < -0.39 is 0 Å². The Morgan fingerprint density at radius 1 is 1.10 bits per heavy atom. The van der Waals surface area contributed by atoms with Crippen LogP contribution < -0.4 is 14.2 Å². The molecule has 7 heteroatoms. The smallest absolute Gasteiger partial charge is 0.169 e. The van der Waals surface area contributed by atoms with Crippen molar-refractivity contribution in [3.05, 3.63) is 65.5 Å². The number of nitrogens with zero attached hydrogens (tertiary/aromatic N) is 1. The normalized spacial score (nSPS) is 11.6. The third-order valence-electron chi connectivity index (χ3n) is 4.59. The van der Waals surface area contributed by atoms with Crippen molar-refractivity contribution in [2.24, 2.45) is 0 Å². The summed E-state index contributed by atoms with van der Waals surface area (Å²) in [5, 5.41) is 14.4. The van der Waals surface area contributed by atoms with Gasteiger partial charge in [0, 0.05) is 24.1 Å². The lowest BCUT2D eigenvalue weighted by atomic mass is 9.87. The number of H-pyrrole nitrogens is 1. The van der Waals surface area contributed by atoms with E-state index in [0.717, 1.165) is 11.1 Å². The molecule has 0 fully saturated rings. The van der Waals surface area contributed by atoms with Gasteiger partial charge in [-0.15, -0.1) is 0 Å². The molecule has 2 N–H and O–H groups in total. The number of methoxy groups -OCH3 is 2. The number of ether oxygens (including phenoxy) is 3. The molecule has 0 aliphatic rings. The molecule has 0 aliphatic heterocycles. The molecule has 0 spiro atoms. The van der Waals surface area contributed by atoms with Crippen LogP contribution in [0, 0.1) is 5.41 Å². The van der Waals surface area contributed by atoms with Gasteiger partial charge < -0.3 is 19.6 Å². The third kappa shape index (κ3) is 4.45. The molecular weight excluding hydrogens is 370 g/mol. The second-order valence-corrected chi connectivity index (χ2v) is 6.51. The number of benzene rings is 2. The van der Waals surface area contributed by atoms with Gasteiger partial charge in [0.15, 0.2) is 23.0 Å². The molecule has 1 heterocycles. The zero-order chi connectivity index (χ0) is 20.8. The van der Waals surface area contributed by atoms with Crippen LogP contribution >= 0.6 is 0 Å². The Morgan fingerprint density at radius 3 is 2.45 bits per heavy atom. The average molecular weight is 393 g/mol. The van der Waals surface area contributed by atoms with Crippen molar-refractivity contribution < 1.29 is 19.0 Å². The van der Waals surface area contributed by atoms with Gasteiger partial charge in [-0.2, -0.15) is 5.10 Å². The van der Waals surface area contributed by atoms with Crippen LogP contribution in [-0.2, 0) is 4.79 Å². The standard InChI is InChI=1S/C22H23N3O4/c1-14(26)10-16(17-13-24-25-18(17)12-23)15-8-9-21(22(11-15)28-3)29-20-7-5-4-6-19(20)27-2/h4-9,11-13,16,23H,10H2,1-3H3,(H,24,25). The van der Waals surface area contributed by atoms with Crippen molar-refractivity contribution >= 4 is 12.0 Å². The van der Waals surface area contributed by atoms with E-state index in [2.05, 4.69) is 10.2 Å². The van der Waals surface area contributed by atoms with Crippen molar-refractivity contribution in [3.63, 3.8) is 0 Å². The molecule has 7 nitrogen and oxygen atoms in total. The third-order valence-corrected chi connectivity index (χ3v) is 4.59. The fourth-order valence-corrected chi connectivity index (χ4v) is 3.20. The van der Waals surface area contributed by atoms with Gasteiger partial charge in [-0.3, -0.25) is 9.89 Å². The molecule has 0 saturated carbocycles. The second-order valence-electron chi connectivity index (χ2n) is 6.51. The highest BCUT2D eigenvalue weighted by molar-refractivity contribution is 5.80. The van der Waals surface area contributed by atoms with Crippen LogP contribution in [0.25, 0.3) is 0 Å². The first-order chi connectivity index (χ1) is 14.1. The summed E-state index contributed by atoms with van der Waals surface area (Å²) >= 11 is 0. The number of hydrogen-bond donors (Lipinski definition) is 2. The van der Waals surface area contributed by atoms with Gasteiger partial charge in [-0.05, 0) is 36.8 Å². The number of aromatic nitrogens is 2. The van der Waals surface area contributed by atoms with E-state index in [0.29, 0.717) is 28.7 Å². The van der Waals surface area contributed by atoms with E-state index in [-0.39, 0.29) is 18.1 Å². The van der Waals surface area contributed by atoms with Crippen molar-refractivity contribution in [2.45, 2.75) is 19.3 Å². The van der Waals surface area contributed by atoms with Crippen LogP contribution in [0.15, 0.2) is 48.7 Å². The van der Waals surface area contributed by atoms with Crippen molar-refractivity contribution in [2.75, 3.05) is 14.2 Å². The molecule has 1 aromatic heterocycles. The SMILES string of the molecule is COc1ccccc1Oc1ccc(C(CC(C)=O)c2cn[nH]c2C=N)cc1OC. The lowest BCUT2D eigenvalue weighted by molar-refractivity contribution is -0.117. The molecule has 1 atom stereocenters. The molecule has 1 unspecified atom stereocenters. The van der Waals surface area contributed by atoms with E-state index in [1.165, 1.54) is 6.21 Å². The van der Waals surface area contributed by atoms with Crippen LogP contribution in [0.2, 0.25) is 0 Å². The molecule has 0 bridgehead atoms. The first-order valence-electron chi connectivity index (χ1n) is 9.09. The Bertz CT molecular complexity index is 1010. The topological polar surface area (TPSA) is 97.3 Å². The highest BCUT2D eigenvalue weighted by Crippen LogP contribution is 2.39. The molecule has 0 radical (unpaired) electrons. The number of Topliss-reactive ketones (excluding diaryl/α,β-unsaturated/α-hetero) is 1. The molecule has 0 saturated heterocycles. The molecule has 2 aromatic carbocycles. The maximum absolute atomic E-state index is 11.9. The van der Waals surface area contributed by atoms with Crippen molar-refractivity contribution in [1.82, 2.24) is 10.2 Å². The maximum Gasteiger partial charge on any atom is 0.169 e. The first-order valence-corrected chi connectivity index (χ1v) is 9.09.